The van der Waals surface area contributed by atoms with Crippen molar-refractivity contribution < 1.29 is 14.3 Å². The zero-order valence-corrected chi connectivity index (χ0v) is 9.30. The van der Waals surface area contributed by atoms with Gasteiger partial charge in [0.2, 0.25) is 0 Å². The van der Waals surface area contributed by atoms with Crippen LogP contribution in [0.3, 0.4) is 0 Å². The summed E-state index contributed by atoms with van der Waals surface area (Å²) >= 11 is 1.23. The van der Waals surface area contributed by atoms with Gasteiger partial charge in [-0.3, -0.25) is 4.79 Å². The van der Waals surface area contributed by atoms with Crippen LogP contribution in [0.4, 0.5) is 0 Å². The minimum atomic E-state index is -0.368. The molecule has 0 N–H and O–H groups in total. The second kappa shape index (κ2) is 4.14. The van der Waals surface area contributed by atoms with Crippen LogP contribution in [0, 0.1) is 5.92 Å². The zero-order valence-electron chi connectivity index (χ0n) is 8.49. The summed E-state index contributed by atoms with van der Waals surface area (Å²) in [5.74, 6) is 0.00297. The van der Waals surface area contributed by atoms with E-state index in [0.29, 0.717) is 9.75 Å². The highest BCUT2D eigenvalue weighted by atomic mass is 32.1. The lowest BCUT2D eigenvalue weighted by Crippen LogP contribution is -2.20. The van der Waals surface area contributed by atoms with Crippen LogP contribution in [0.25, 0.3) is 0 Å². The van der Waals surface area contributed by atoms with Gasteiger partial charge in [0.25, 0.3) is 0 Å². The van der Waals surface area contributed by atoms with E-state index < -0.39 is 0 Å². The van der Waals surface area contributed by atoms with Crippen molar-refractivity contribution in [1.82, 2.24) is 0 Å². The van der Waals surface area contributed by atoms with Gasteiger partial charge in [0.15, 0.2) is 5.78 Å². The third kappa shape index (κ3) is 1.95. The highest BCUT2D eigenvalue weighted by Crippen LogP contribution is 2.32. The number of ketones is 1. The molecule has 1 fully saturated rings. The lowest BCUT2D eigenvalue weighted by Gasteiger charge is -2.22. The van der Waals surface area contributed by atoms with Gasteiger partial charge in [0.1, 0.15) is 4.88 Å². The maximum absolute atomic E-state index is 11.8. The van der Waals surface area contributed by atoms with E-state index in [1.807, 2.05) is 0 Å². The molecule has 0 atom stereocenters. The van der Waals surface area contributed by atoms with Crippen LogP contribution in [0.15, 0.2) is 12.1 Å². The van der Waals surface area contributed by atoms with E-state index in [1.165, 1.54) is 18.4 Å². The Morgan fingerprint density at radius 2 is 2.00 bits per heavy atom. The molecule has 15 heavy (non-hydrogen) atoms. The summed E-state index contributed by atoms with van der Waals surface area (Å²) < 4.78 is 4.59. The van der Waals surface area contributed by atoms with Crippen molar-refractivity contribution in [2.45, 2.75) is 19.3 Å². The molecule has 0 amide bonds. The predicted molar refractivity (Wildman–Crippen MR) is 57.3 cm³/mol. The highest BCUT2D eigenvalue weighted by molar-refractivity contribution is 7.15. The molecule has 1 aromatic rings. The number of carbonyl (C=O) groups excluding carboxylic acids is 2. The number of hydrogen-bond acceptors (Lipinski definition) is 4. The summed E-state index contributed by atoms with van der Waals surface area (Å²) in [6, 6.07) is 3.37. The summed E-state index contributed by atoms with van der Waals surface area (Å²) in [5.41, 5.74) is 0. The first kappa shape index (κ1) is 10.4. The monoisotopic (exact) mass is 224 g/mol. The van der Waals surface area contributed by atoms with E-state index in [9.17, 15) is 9.59 Å². The number of ether oxygens (including phenoxy) is 1. The molecule has 0 spiro atoms. The summed E-state index contributed by atoms with van der Waals surface area (Å²) in [6.07, 6.45) is 3.13. The molecule has 1 heterocycles. The van der Waals surface area contributed by atoms with E-state index in [1.54, 1.807) is 12.1 Å². The summed E-state index contributed by atoms with van der Waals surface area (Å²) in [7, 11) is 1.34. The Morgan fingerprint density at radius 3 is 2.53 bits per heavy atom. The van der Waals surface area contributed by atoms with E-state index in [0.717, 1.165) is 19.3 Å². The minimum absolute atomic E-state index is 0.182. The molecule has 3 nitrogen and oxygen atoms in total. The predicted octanol–water partition coefficient (Wildman–Crippen LogP) is 2.52. The number of thiophene rings is 1. The molecule has 0 saturated heterocycles. The molecule has 1 aromatic heterocycles. The van der Waals surface area contributed by atoms with Crippen LogP contribution in [0.2, 0.25) is 0 Å². The van der Waals surface area contributed by atoms with Gasteiger partial charge in [-0.25, -0.2) is 4.79 Å². The molecular formula is C11H12O3S. The Balaban J connectivity index is 2.12. The second-order valence-corrected chi connectivity index (χ2v) is 4.73. The molecule has 1 aliphatic rings. The van der Waals surface area contributed by atoms with E-state index in [-0.39, 0.29) is 17.7 Å². The van der Waals surface area contributed by atoms with Gasteiger partial charge in [-0.2, -0.15) is 0 Å². The SMILES string of the molecule is COC(=O)c1ccc(C(=O)C2CCC2)s1. The Bertz CT molecular complexity index is 390. The van der Waals surface area contributed by atoms with Crippen LogP contribution in [-0.4, -0.2) is 18.9 Å². The molecule has 0 aromatic carbocycles. The second-order valence-electron chi connectivity index (χ2n) is 3.65. The molecule has 1 saturated carbocycles. The smallest absolute Gasteiger partial charge is 0.348 e. The molecule has 0 unspecified atom stereocenters. The number of rotatable bonds is 3. The molecule has 2 rings (SSSR count). The fourth-order valence-electron chi connectivity index (χ4n) is 1.55. The Hall–Kier alpha value is -1.16. The van der Waals surface area contributed by atoms with Gasteiger partial charge in [0.05, 0.1) is 12.0 Å². The third-order valence-electron chi connectivity index (χ3n) is 2.71. The zero-order chi connectivity index (χ0) is 10.8. The normalized spacial score (nSPS) is 15.8. The standard InChI is InChI=1S/C11H12O3S/c1-14-11(13)9-6-5-8(15-9)10(12)7-3-2-4-7/h5-7H,2-4H2,1H3. The van der Waals surface area contributed by atoms with Gasteiger partial charge < -0.3 is 4.74 Å². The van der Waals surface area contributed by atoms with Crippen LogP contribution in [0.1, 0.15) is 38.6 Å². The van der Waals surface area contributed by atoms with Crippen LogP contribution in [0.5, 0.6) is 0 Å². The number of methoxy groups -OCH3 is 1. The number of hydrogen-bond donors (Lipinski definition) is 0. The minimum Gasteiger partial charge on any atom is -0.465 e. The van der Waals surface area contributed by atoms with Gasteiger partial charge in [0, 0.05) is 5.92 Å². The van der Waals surface area contributed by atoms with Crippen molar-refractivity contribution in [2.24, 2.45) is 5.92 Å². The fourth-order valence-corrected chi connectivity index (χ4v) is 2.50. The lowest BCUT2D eigenvalue weighted by molar-refractivity contribution is 0.0606. The fraction of sp³-hybridized carbons (Fsp3) is 0.455. The summed E-state index contributed by atoms with van der Waals surface area (Å²) in [5, 5.41) is 0. The highest BCUT2D eigenvalue weighted by Gasteiger charge is 2.27. The lowest BCUT2D eigenvalue weighted by atomic mass is 9.82. The van der Waals surface area contributed by atoms with Gasteiger partial charge in [-0.05, 0) is 25.0 Å². The number of Topliss-reactive ketones (excluding diaryl/α,β-unsaturated/α-hetero) is 1. The molecular weight excluding hydrogens is 212 g/mol. The maximum atomic E-state index is 11.8. The van der Waals surface area contributed by atoms with E-state index >= 15 is 0 Å². The molecule has 0 aliphatic heterocycles. The van der Waals surface area contributed by atoms with Crippen molar-refractivity contribution in [2.75, 3.05) is 7.11 Å². The van der Waals surface area contributed by atoms with Gasteiger partial charge in [-0.1, -0.05) is 6.42 Å². The number of carbonyl (C=O) groups is 2. The maximum Gasteiger partial charge on any atom is 0.348 e. The topological polar surface area (TPSA) is 43.4 Å². The summed E-state index contributed by atoms with van der Waals surface area (Å²) in [6.45, 7) is 0. The van der Waals surface area contributed by atoms with Crippen molar-refractivity contribution in [3.8, 4) is 0 Å². The first-order valence-corrected chi connectivity index (χ1v) is 5.76. The van der Waals surface area contributed by atoms with Crippen molar-refractivity contribution >= 4 is 23.1 Å². The van der Waals surface area contributed by atoms with E-state index in [2.05, 4.69) is 4.74 Å². The molecule has 0 radical (unpaired) electrons. The molecule has 4 heteroatoms. The average molecular weight is 224 g/mol. The molecule has 80 valence electrons. The first-order valence-electron chi connectivity index (χ1n) is 4.94. The Morgan fingerprint density at radius 1 is 1.33 bits per heavy atom. The number of esters is 1. The van der Waals surface area contributed by atoms with Gasteiger partial charge >= 0.3 is 5.97 Å². The largest absolute Gasteiger partial charge is 0.465 e. The van der Waals surface area contributed by atoms with Crippen molar-refractivity contribution in [1.29, 1.82) is 0 Å². The molecule has 1 aliphatic carbocycles. The Kier molecular flexibility index (Phi) is 2.86. The summed E-state index contributed by atoms with van der Waals surface area (Å²) in [4.78, 5) is 24.2. The third-order valence-corrected chi connectivity index (χ3v) is 3.79. The van der Waals surface area contributed by atoms with Crippen LogP contribution < -0.4 is 0 Å². The van der Waals surface area contributed by atoms with Gasteiger partial charge in [-0.15, -0.1) is 11.3 Å². The van der Waals surface area contributed by atoms with E-state index in [4.69, 9.17) is 0 Å². The van der Waals surface area contributed by atoms with Crippen molar-refractivity contribution in [3.05, 3.63) is 21.9 Å². The average Bonchev–Trinajstić information content (AvgIpc) is 2.62. The Labute approximate surface area is 92.1 Å². The van der Waals surface area contributed by atoms with Crippen LogP contribution >= 0.6 is 11.3 Å². The van der Waals surface area contributed by atoms with Crippen LogP contribution in [-0.2, 0) is 4.74 Å². The first-order chi connectivity index (χ1) is 7.22. The molecule has 0 bridgehead atoms. The quantitative estimate of drug-likeness (QED) is 0.585. The van der Waals surface area contributed by atoms with Crippen molar-refractivity contribution in [3.63, 3.8) is 0 Å².